The Labute approximate surface area is 146 Å². The molecule has 113 valence electrons. The molecule has 0 heterocycles. The van der Waals surface area contributed by atoms with Crippen molar-refractivity contribution in [1.82, 2.24) is 0 Å². The molecule has 1 aliphatic carbocycles. The average Bonchev–Trinajstić information content (AvgIpc) is 2.48. The predicted octanol–water partition coefficient (Wildman–Crippen LogP) is 2.49. The number of rotatable bonds is 5. The second-order valence-corrected chi connectivity index (χ2v) is 6.62. The summed E-state index contributed by atoms with van der Waals surface area (Å²) in [6.07, 6.45) is 8.26. The smallest absolute Gasteiger partial charge is 0.153 e. The van der Waals surface area contributed by atoms with Crippen LogP contribution in [-0.2, 0) is 9.59 Å². The standard InChI is InChI=1S/C10H20N.2C2H2OS.Sn/c1-3-9-6-4-5-7-10(9)8(2)11;2*3-1-2-4;/h8-10H,1,3-7,11H2,2H3;2*1-2H;. The van der Waals surface area contributed by atoms with Crippen LogP contribution in [0.4, 0.5) is 0 Å². The first-order valence-electron chi connectivity index (χ1n) is 6.77. The van der Waals surface area contributed by atoms with Crippen molar-refractivity contribution in [3.63, 3.8) is 0 Å². The molecule has 1 aliphatic rings. The van der Waals surface area contributed by atoms with E-state index in [2.05, 4.69) is 31.4 Å². The Hall–Kier alpha value is 0.279. The number of thiocarbonyl (C=S) groups is 2. The minimum absolute atomic E-state index is 0.428. The fraction of sp³-hybridized carbons (Fsp3) is 0.714. The van der Waals surface area contributed by atoms with Gasteiger partial charge in [-0.05, 0) is 0 Å². The van der Waals surface area contributed by atoms with Gasteiger partial charge in [0.1, 0.15) is 0 Å². The molecule has 20 heavy (non-hydrogen) atoms. The Balaban J connectivity index is 0. The van der Waals surface area contributed by atoms with Crippen LogP contribution in [0.25, 0.3) is 0 Å². The van der Waals surface area contributed by atoms with Gasteiger partial charge in [-0.1, -0.05) is 24.4 Å². The number of hydrogen-bond acceptors (Lipinski definition) is 5. The molecule has 3 nitrogen and oxygen atoms in total. The maximum atomic E-state index is 9.01. The summed E-state index contributed by atoms with van der Waals surface area (Å²) in [5.41, 5.74) is 6.00. The molecule has 3 radical (unpaired) electrons. The summed E-state index contributed by atoms with van der Waals surface area (Å²) in [5, 5.41) is 2.06. The molecule has 0 aromatic rings. The van der Waals surface area contributed by atoms with Crippen LogP contribution in [0.1, 0.15) is 39.0 Å². The van der Waals surface area contributed by atoms with E-state index in [1.807, 2.05) is 0 Å². The van der Waals surface area contributed by atoms with Crippen LogP contribution in [-0.4, -0.2) is 51.9 Å². The van der Waals surface area contributed by atoms with Crippen molar-refractivity contribution in [2.24, 2.45) is 17.6 Å². The number of carbonyl (C=O) groups excluding carboxylic acids is 2. The summed E-state index contributed by atoms with van der Waals surface area (Å²) in [6, 6.07) is 0.428. The van der Waals surface area contributed by atoms with Crippen molar-refractivity contribution in [2.75, 3.05) is 0 Å². The first-order chi connectivity index (χ1) is 9.58. The molecule has 2 N–H and O–H groups in total. The first-order valence-corrected chi connectivity index (χ1v) is 9.73. The minimum atomic E-state index is 0.428. The van der Waals surface area contributed by atoms with Gasteiger partial charge in [0.25, 0.3) is 0 Å². The Bertz CT molecular complexity index is 250. The van der Waals surface area contributed by atoms with Crippen LogP contribution in [0.2, 0.25) is 4.44 Å². The van der Waals surface area contributed by atoms with E-state index in [9.17, 15) is 0 Å². The fourth-order valence-electron chi connectivity index (χ4n) is 2.47. The van der Waals surface area contributed by atoms with E-state index < -0.39 is 0 Å². The quantitative estimate of drug-likeness (QED) is 0.420. The molecule has 0 aromatic carbocycles. The minimum Gasteiger partial charge on any atom is -0.298 e. The number of carbonyl (C=O) groups is 2. The second kappa shape index (κ2) is 17.3. The Kier molecular flexibility index (Phi) is 19.5. The molecule has 1 rings (SSSR count). The van der Waals surface area contributed by atoms with Crippen LogP contribution in [0.15, 0.2) is 0 Å². The van der Waals surface area contributed by atoms with Gasteiger partial charge in [-0.2, -0.15) is 0 Å². The third kappa shape index (κ3) is 13.3. The van der Waals surface area contributed by atoms with E-state index in [0.29, 0.717) is 18.6 Å². The van der Waals surface area contributed by atoms with Gasteiger partial charge in [-0.3, -0.25) is 9.59 Å². The zero-order chi connectivity index (χ0) is 15.8. The summed E-state index contributed by atoms with van der Waals surface area (Å²) in [4.78, 5) is 18.0. The van der Waals surface area contributed by atoms with Crippen molar-refractivity contribution in [2.45, 2.75) is 49.5 Å². The molecular formula is C14H24NO2S2Sn. The molecule has 6 heteroatoms. The van der Waals surface area contributed by atoms with E-state index in [1.165, 1.54) is 36.5 Å². The van der Waals surface area contributed by atoms with E-state index in [0.717, 1.165) is 22.6 Å². The molecule has 0 saturated heterocycles. The van der Waals surface area contributed by atoms with Crippen molar-refractivity contribution < 1.29 is 9.59 Å². The number of aldehydes is 2. The largest absolute Gasteiger partial charge is 0.298 e. The van der Waals surface area contributed by atoms with Crippen LogP contribution < -0.4 is 5.73 Å². The van der Waals surface area contributed by atoms with Crippen molar-refractivity contribution in [3.05, 3.63) is 0 Å². The summed E-state index contributed by atoms with van der Waals surface area (Å²) in [7, 11) is 0. The Morgan fingerprint density at radius 1 is 1.20 bits per heavy atom. The molecule has 3 unspecified atom stereocenters. The Morgan fingerprint density at radius 2 is 1.65 bits per heavy atom. The van der Waals surface area contributed by atoms with E-state index >= 15 is 0 Å². The topological polar surface area (TPSA) is 60.2 Å². The first kappa shape index (κ1) is 22.6. The molecule has 0 spiro atoms. The molecule has 0 aromatic heterocycles. The van der Waals surface area contributed by atoms with Gasteiger partial charge in [-0.25, -0.2) is 0 Å². The summed E-state index contributed by atoms with van der Waals surface area (Å²) >= 11 is 9.81. The zero-order valence-corrected chi connectivity index (χ0v) is 16.5. The van der Waals surface area contributed by atoms with Gasteiger partial charge in [-0.15, -0.1) is 0 Å². The maximum Gasteiger partial charge on any atom is 0.153 e. The van der Waals surface area contributed by atoms with Crippen LogP contribution in [0.3, 0.4) is 0 Å². The molecule has 1 saturated carbocycles. The molecular weight excluding hydrogens is 397 g/mol. The fourth-order valence-corrected chi connectivity index (χ4v) is 3.53. The van der Waals surface area contributed by atoms with Gasteiger partial charge in [0, 0.05) is 10.7 Å². The van der Waals surface area contributed by atoms with E-state index in [4.69, 9.17) is 15.3 Å². The predicted molar refractivity (Wildman–Crippen MR) is 93.7 cm³/mol. The van der Waals surface area contributed by atoms with Gasteiger partial charge >= 0.3 is 89.6 Å². The maximum absolute atomic E-state index is 9.01. The van der Waals surface area contributed by atoms with Gasteiger partial charge in [0.15, 0.2) is 12.6 Å². The molecule has 0 amide bonds. The van der Waals surface area contributed by atoms with Gasteiger partial charge in [0.2, 0.25) is 0 Å². The van der Waals surface area contributed by atoms with Gasteiger partial charge < -0.3 is 0 Å². The summed E-state index contributed by atoms with van der Waals surface area (Å²) in [6.45, 7) is 2.19. The zero-order valence-electron chi connectivity index (χ0n) is 12.0. The monoisotopic (exact) mass is 422 g/mol. The van der Waals surface area contributed by atoms with Crippen LogP contribution in [0.5, 0.6) is 0 Å². The SMILES string of the molecule is CC(N)C1CCCCC1C[CH2][Sn].O=CC=S.O=CC=S. The van der Waals surface area contributed by atoms with Gasteiger partial charge in [0.05, 0.1) is 0 Å². The van der Waals surface area contributed by atoms with E-state index in [1.54, 1.807) is 22.5 Å². The summed E-state index contributed by atoms with van der Waals surface area (Å²) in [5.74, 6) is 1.79. The summed E-state index contributed by atoms with van der Waals surface area (Å²) < 4.78 is 1.42. The molecule has 0 bridgehead atoms. The van der Waals surface area contributed by atoms with E-state index in [-0.39, 0.29) is 0 Å². The normalized spacial score (nSPS) is 21.9. The molecule has 0 aliphatic heterocycles. The third-order valence-corrected chi connectivity index (χ3v) is 4.32. The number of nitrogens with two attached hydrogens (primary N) is 1. The van der Waals surface area contributed by atoms with Crippen molar-refractivity contribution in [1.29, 1.82) is 0 Å². The third-order valence-electron chi connectivity index (χ3n) is 3.27. The van der Waals surface area contributed by atoms with Crippen molar-refractivity contribution >= 4 is 70.3 Å². The van der Waals surface area contributed by atoms with Crippen molar-refractivity contribution in [3.8, 4) is 0 Å². The average molecular weight is 421 g/mol. The Morgan fingerprint density at radius 3 is 2.00 bits per heavy atom. The molecule has 3 atom stereocenters. The second-order valence-electron chi connectivity index (χ2n) is 4.65. The number of hydrogen-bond donors (Lipinski definition) is 1. The van der Waals surface area contributed by atoms with Crippen LogP contribution >= 0.6 is 24.4 Å². The van der Waals surface area contributed by atoms with Crippen LogP contribution in [0, 0.1) is 11.8 Å². The molecule has 1 fully saturated rings.